The molecule has 0 aromatic heterocycles. The highest BCUT2D eigenvalue weighted by molar-refractivity contribution is 5.99. The standard InChI is InChI=1S/C23H26N2O4/c1-27-16-8-14-15(9-17(16)28-2)25-20(26)10-18-21-13-7-19-23(14,22(21)25)4-5-24(19)11-12(13)3-6-29-18/h3,8-9,13,18-19,21-22H,4-7,10-11H2,1-2H3/t13-,18+,19-,21-,22-,23+/m0/s1. The summed E-state index contributed by atoms with van der Waals surface area (Å²) >= 11 is 0. The van der Waals surface area contributed by atoms with Gasteiger partial charge in [-0.15, -0.1) is 0 Å². The van der Waals surface area contributed by atoms with Gasteiger partial charge >= 0.3 is 0 Å². The molecule has 0 radical (unpaired) electrons. The van der Waals surface area contributed by atoms with Crippen LogP contribution >= 0.6 is 0 Å². The van der Waals surface area contributed by atoms with Gasteiger partial charge in [0, 0.05) is 30.0 Å². The Morgan fingerprint density at radius 2 is 2.03 bits per heavy atom. The number of piperidine rings is 2. The average Bonchev–Trinajstić information content (AvgIpc) is 3.20. The van der Waals surface area contributed by atoms with Crippen LogP contribution in [0.2, 0.25) is 0 Å². The van der Waals surface area contributed by atoms with Crippen molar-refractivity contribution in [3.05, 3.63) is 29.3 Å². The zero-order valence-corrected chi connectivity index (χ0v) is 16.9. The molecule has 5 aliphatic heterocycles. The molecule has 6 aliphatic rings. The topological polar surface area (TPSA) is 51.2 Å². The van der Waals surface area contributed by atoms with Crippen LogP contribution in [-0.2, 0) is 14.9 Å². The van der Waals surface area contributed by atoms with Crippen LogP contribution < -0.4 is 14.4 Å². The molecule has 0 unspecified atom stereocenters. The normalized spacial score (nSPS) is 41.0. The summed E-state index contributed by atoms with van der Waals surface area (Å²) in [5.74, 6) is 2.57. The van der Waals surface area contributed by atoms with E-state index >= 15 is 0 Å². The average molecular weight is 394 g/mol. The molecule has 6 atom stereocenters. The number of hydrogen-bond donors (Lipinski definition) is 0. The first-order valence-corrected chi connectivity index (χ1v) is 10.8. The predicted octanol–water partition coefficient (Wildman–Crippen LogP) is 2.11. The van der Waals surface area contributed by atoms with Gasteiger partial charge < -0.3 is 19.1 Å². The van der Waals surface area contributed by atoms with Crippen LogP contribution in [0, 0.1) is 11.8 Å². The summed E-state index contributed by atoms with van der Waals surface area (Å²) in [6, 6.07) is 4.87. The highest BCUT2D eigenvalue weighted by atomic mass is 16.5. The first-order valence-electron chi connectivity index (χ1n) is 10.8. The fraction of sp³-hybridized carbons (Fsp3) is 0.609. The van der Waals surface area contributed by atoms with Crippen molar-refractivity contribution in [2.75, 3.05) is 38.8 Å². The number of carbonyl (C=O) groups is 1. The summed E-state index contributed by atoms with van der Waals surface area (Å²) in [5.41, 5.74) is 3.85. The summed E-state index contributed by atoms with van der Waals surface area (Å²) in [7, 11) is 3.36. The molecule has 1 spiro atoms. The highest BCUT2D eigenvalue weighted by Gasteiger charge is 2.71. The van der Waals surface area contributed by atoms with Crippen LogP contribution in [0.25, 0.3) is 0 Å². The number of benzene rings is 1. The van der Waals surface area contributed by atoms with Crippen molar-refractivity contribution in [1.82, 2.24) is 4.90 Å². The smallest absolute Gasteiger partial charge is 0.229 e. The minimum atomic E-state index is -0.0242. The lowest BCUT2D eigenvalue weighted by Gasteiger charge is -2.58. The molecule has 6 nitrogen and oxygen atoms in total. The van der Waals surface area contributed by atoms with Gasteiger partial charge in [-0.2, -0.15) is 0 Å². The van der Waals surface area contributed by atoms with Crippen LogP contribution in [0.5, 0.6) is 11.5 Å². The molecular weight excluding hydrogens is 368 g/mol. The van der Waals surface area contributed by atoms with Gasteiger partial charge in [0.25, 0.3) is 0 Å². The molecule has 1 amide bonds. The van der Waals surface area contributed by atoms with Crippen LogP contribution in [0.1, 0.15) is 24.8 Å². The predicted molar refractivity (Wildman–Crippen MR) is 107 cm³/mol. The Morgan fingerprint density at radius 1 is 1.21 bits per heavy atom. The summed E-state index contributed by atoms with van der Waals surface area (Å²) in [6.45, 7) is 2.80. The second kappa shape index (κ2) is 5.35. The van der Waals surface area contributed by atoms with Crippen LogP contribution in [0.4, 0.5) is 5.69 Å². The molecule has 1 saturated carbocycles. The van der Waals surface area contributed by atoms with E-state index in [4.69, 9.17) is 14.2 Å². The number of nitrogens with zero attached hydrogens (tertiary/aromatic N) is 2. The van der Waals surface area contributed by atoms with Gasteiger partial charge in [0.2, 0.25) is 5.91 Å². The van der Waals surface area contributed by atoms with Crippen molar-refractivity contribution >= 4 is 11.6 Å². The van der Waals surface area contributed by atoms with Gasteiger partial charge in [0.1, 0.15) is 0 Å². The zero-order valence-electron chi connectivity index (χ0n) is 16.9. The minimum Gasteiger partial charge on any atom is -0.493 e. The molecule has 1 aromatic rings. The third kappa shape index (κ3) is 1.76. The Bertz CT molecular complexity index is 974. The molecule has 6 heteroatoms. The molecule has 3 saturated heterocycles. The Kier molecular flexibility index (Phi) is 3.08. The van der Waals surface area contributed by atoms with Gasteiger partial charge in [-0.05, 0) is 36.9 Å². The van der Waals surface area contributed by atoms with Crippen molar-refractivity contribution in [2.24, 2.45) is 11.8 Å². The summed E-state index contributed by atoms with van der Waals surface area (Å²) < 4.78 is 17.6. The van der Waals surface area contributed by atoms with Crippen molar-refractivity contribution in [3.63, 3.8) is 0 Å². The SMILES string of the molecule is COc1cc2c(cc1OC)[C@@]13CCN4CC5=CCO[C@@H]6CC(=O)N2[C@H]1[C@H]6[C@H]5C[C@H]43. The fourth-order valence-corrected chi connectivity index (χ4v) is 7.87. The van der Waals surface area contributed by atoms with Gasteiger partial charge in [-0.3, -0.25) is 9.69 Å². The fourth-order valence-electron chi connectivity index (χ4n) is 7.87. The Morgan fingerprint density at radius 3 is 2.86 bits per heavy atom. The minimum absolute atomic E-state index is 0.0242. The molecular formula is C23H26N2O4. The number of ether oxygens (including phenoxy) is 3. The van der Waals surface area contributed by atoms with E-state index in [2.05, 4.69) is 21.9 Å². The third-order valence-electron chi connectivity index (χ3n) is 8.81. The van der Waals surface area contributed by atoms with Crippen LogP contribution in [-0.4, -0.2) is 62.9 Å². The second-order valence-corrected chi connectivity index (χ2v) is 9.48. The van der Waals surface area contributed by atoms with E-state index in [-0.39, 0.29) is 23.5 Å². The maximum absolute atomic E-state index is 13.5. The lowest BCUT2D eigenvalue weighted by Crippen LogP contribution is -2.69. The number of carbonyl (C=O) groups excluding carboxylic acids is 1. The molecule has 0 N–H and O–H groups in total. The number of anilines is 1. The Balaban J connectivity index is 1.52. The van der Waals surface area contributed by atoms with E-state index in [0.717, 1.165) is 30.9 Å². The summed E-state index contributed by atoms with van der Waals surface area (Å²) in [6.07, 6.45) is 5.11. The first-order chi connectivity index (χ1) is 14.2. The number of fused-ring (bicyclic) bond motifs is 2. The number of hydrogen-bond acceptors (Lipinski definition) is 5. The summed E-state index contributed by atoms with van der Waals surface area (Å²) in [4.78, 5) is 18.3. The third-order valence-corrected chi connectivity index (χ3v) is 8.81. The molecule has 29 heavy (non-hydrogen) atoms. The van der Waals surface area contributed by atoms with E-state index in [9.17, 15) is 4.79 Å². The maximum Gasteiger partial charge on any atom is 0.229 e. The monoisotopic (exact) mass is 394 g/mol. The van der Waals surface area contributed by atoms with Crippen LogP contribution in [0.15, 0.2) is 23.8 Å². The molecule has 4 fully saturated rings. The van der Waals surface area contributed by atoms with Gasteiger partial charge in [0.05, 0.1) is 45.1 Å². The highest BCUT2D eigenvalue weighted by Crippen LogP contribution is 2.66. The maximum atomic E-state index is 13.5. The van der Waals surface area contributed by atoms with Gasteiger partial charge in [-0.25, -0.2) is 0 Å². The van der Waals surface area contributed by atoms with Crippen molar-refractivity contribution in [3.8, 4) is 11.5 Å². The Labute approximate surface area is 170 Å². The molecule has 2 bridgehead atoms. The quantitative estimate of drug-likeness (QED) is 0.719. The Hall–Kier alpha value is -2.05. The number of amides is 1. The van der Waals surface area contributed by atoms with Gasteiger partial charge in [-0.1, -0.05) is 11.6 Å². The van der Waals surface area contributed by atoms with E-state index in [1.165, 1.54) is 12.0 Å². The van der Waals surface area contributed by atoms with E-state index < -0.39 is 0 Å². The van der Waals surface area contributed by atoms with Crippen molar-refractivity contribution in [2.45, 2.75) is 42.9 Å². The lowest BCUT2D eigenvalue weighted by molar-refractivity contribution is -0.132. The largest absolute Gasteiger partial charge is 0.493 e. The number of rotatable bonds is 2. The zero-order chi connectivity index (χ0) is 19.5. The lowest BCUT2D eigenvalue weighted by atomic mass is 9.53. The van der Waals surface area contributed by atoms with Crippen molar-refractivity contribution < 1.29 is 19.0 Å². The van der Waals surface area contributed by atoms with E-state index in [0.29, 0.717) is 36.7 Å². The molecule has 1 aromatic carbocycles. The summed E-state index contributed by atoms with van der Waals surface area (Å²) in [5, 5.41) is 0. The van der Waals surface area contributed by atoms with Crippen molar-refractivity contribution in [1.29, 1.82) is 0 Å². The van der Waals surface area contributed by atoms with Crippen LogP contribution in [0.3, 0.4) is 0 Å². The molecule has 7 rings (SSSR count). The molecule has 1 aliphatic carbocycles. The molecule has 5 heterocycles. The second-order valence-electron chi connectivity index (χ2n) is 9.48. The molecule has 152 valence electrons. The number of methoxy groups -OCH3 is 2. The van der Waals surface area contributed by atoms with Gasteiger partial charge in [0.15, 0.2) is 11.5 Å². The van der Waals surface area contributed by atoms with E-state index in [1.54, 1.807) is 19.8 Å². The first kappa shape index (κ1) is 16.7. The van der Waals surface area contributed by atoms with E-state index in [1.807, 2.05) is 6.07 Å².